The number of likely N-dealkylation sites (tertiary alicyclic amines) is 1. The second-order valence-corrected chi connectivity index (χ2v) is 8.16. The Morgan fingerprint density at radius 2 is 1.81 bits per heavy atom. The number of rotatable bonds is 4. The third-order valence-corrected chi connectivity index (χ3v) is 5.63. The largest absolute Gasteiger partial charge is 0.490 e. The van der Waals surface area contributed by atoms with Gasteiger partial charge in [0.15, 0.2) is 0 Å². The third kappa shape index (κ3) is 6.88. The van der Waals surface area contributed by atoms with Crippen molar-refractivity contribution in [3.8, 4) is 0 Å². The number of hydrogen-bond donors (Lipinski definition) is 1. The van der Waals surface area contributed by atoms with E-state index in [-0.39, 0.29) is 23.9 Å². The second kappa shape index (κ2) is 10.6. The molecule has 3 fully saturated rings. The molecule has 3 heterocycles. The molecule has 178 valence electrons. The highest BCUT2D eigenvalue weighted by atomic mass is 19.4. The van der Waals surface area contributed by atoms with Gasteiger partial charge in [-0.2, -0.15) is 13.2 Å². The van der Waals surface area contributed by atoms with E-state index < -0.39 is 12.1 Å². The fourth-order valence-corrected chi connectivity index (χ4v) is 4.15. The molecule has 0 unspecified atom stereocenters. The maximum Gasteiger partial charge on any atom is 0.490 e. The zero-order chi connectivity index (χ0) is 23.3. The smallest absolute Gasteiger partial charge is 0.475 e. The monoisotopic (exact) mass is 462 g/mol. The first-order chi connectivity index (χ1) is 15.1. The van der Waals surface area contributed by atoms with E-state index in [9.17, 15) is 22.4 Å². The van der Waals surface area contributed by atoms with E-state index in [1.807, 2.05) is 12.1 Å². The van der Waals surface area contributed by atoms with Gasteiger partial charge in [0.1, 0.15) is 5.82 Å². The first kappa shape index (κ1) is 24.4. The number of benzene rings is 1. The van der Waals surface area contributed by atoms with Crippen LogP contribution in [0.5, 0.6) is 0 Å². The molecular formula is C21H26F4N2O5. The van der Waals surface area contributed by atoms with Gasteiger partial charge in [0, 0.05) is 32.1 Å². The van der Waals surface area contributed by atoms with Crippen molar-refractivity contribution in [2.75, 3.05) is 26.2 Å². The first-order valence-corrected chi connectivity index (χ1v) is 10.5. The highest BCUT2D eigenvalue weighted by molar-refractivity contribution is 5.75. The summed E-state index contributed by atoms with van der Waals surface area (Å²) in [6.07, 6.45) is -1.46. The number of hydrogen-bond acceptors (Lipinski definition) is 5. The molecule has 1 aromatic rings. The number of aliphatic carboxylic acids is 1. The summed E-state index contributed by atoms with van der Waals surface area (Å²) in [5.41, 5.74) is 1.12. The molecule has 0 aromatic heterocycles. The lowest BCUT2D eigenvalue weighted by molar-refractivity contribution is -0.199. The summed E-state index contributed by atoms with van der Waals surface area (Å²) in [5.74, 6) is -2.42. The zero-order valence-corrected chi connectivity index (χ0v) is 17.4. The van der Waals surface area contributed by atoms with Crippen LogP contribution < -0.4 is 0 Å². The Balaban J connectivity index is 0.000000360. The van der Waals surface area contributed by atoms with Crippen LogP contribution in [0.15, 0.2) is 24.3 Å². The van der Waals surface area contributed by atoms with Crippen LogP contribution >= 0.6 is 0 Å². The van der Waals surface area contributed by atoms with Gasteiger partial charge in [-0.05, 0) is 37.0 Å². The first-order valence-electron chi connectivity index (χ1n) is 10.5. The van der Waals surface area contributed by atoms with Crippen molar-refractivity contribution >= 4 is 11.9 Å². The van der Waals surface area contributed by atoms with Gasteiger partial charge in [-0.1, -0.05) is 12.1 Å². The van der Waals surface area contributed by atoms with E-state index in [1.54, 1.807) is 0 Å². The Morgan fingerprint density at radius 1 is 1.12 bits per heavy atom. The lowest BCUT2D eigenvalue weighted by atomic mass is 10.0. The molecule has 3 aliphatic rings. The van der Waals surface area contributed by atoms with Crippen LogP contribution in [0.25, 0.3) is 0 Å². The number of fused-ring (bicyclic) bond motifs is 1. The van der Waals surface area contributed by atoms with Crippen LogP contribution in [0, 0.1) is 11.7 Å². The van der Waals surface area contributed by atoms with Crippen LogP contribution in [-0.2, 0) is 25.7 Å². The van der Waals surface area contributed by atoms with Crippen molar-refractivity contribution in [2.24, 2.45) is 5.92 Å². The minimum Gasteiger partial charge on any atom is -0.475 e. The molecule has 1 N–H and O–H groups in total. The predicted octanol–water partition coefficient (Wildman–Crippen LogP) is 2.99. The molecule has 32 heavy (non-hydrogen) atoms. The van der Waals surface area contributed by atoms with Crippen molar-refractivity contribution in [1.29, 1.82) is 0 Å². The fourth-order valence-electron chi connectivity index (χ4n) is 4.15. The number of hydroxylamine groups is 2. The highest BCUT2D eigenvalue weighted by Crippen LogP contribution is 2.35. The second-order valence-electron chi connectivity index (χ2n) is 8.16. The average Bonchev–Trinajstić information content (AvgIpc) is 3.28. The Labute approximate surface area is 182 Å². The van der Waals surface area contributed by atoms with Crippen LogP contribution in [0.4, 0.5) is 17.6 Å². The quantitative estimate of drug-likeness (QED) is 0.694. The molecule has 0 radical (unpaired) electrons. The number of carbonyl (C=O) groups excluding carboxylic acids is 1. The highest BCUT2D eigenvalue weighted by Gasteiger charge is 2.42. The van der Waals surface area contributed by atoms with Crippen molar-refractivity contribution in [2.45, 2.75) is 50.6 Å². The Morgan fingerprint density at radius 3 is 2.38 bits per heavy atom. The van der Waals surface area contributed by atoms with E-state index in [0.717, 1.165) is 44.5 Å². The summed E-state index contributed by atoms with van der Waals surface area (Å²) in [6.45, 7) is 4.02. The molecule has 0 spiro atoms. The van der Waals surface area contributed by atoms with Gasteiger partial charge >= 0.3 is 12.1 Å². The number of carbonyl (C=O) groups is 2. The predicted molar refractivity (Wildman–Crippen MR) is 104 cm³/mol. The van der Waals surface area contributed by atoms with Crippen LogP contribution in [-0.4, -0.2) is 71.6 Å². The average molecular weight is 462 g/mol. The molecule has 1 aromatic carbocycles. The van der Waals surface area contributed by atoms with E-state index in [1.165, 1.54) is 17.2 Å². The molecule has 3 saturated heterocycles. The normalized spacial score (nSPS) is 25.8. The summed E-state index contributed by atoms with van der Waals surface area (Å²) < 4.78 is 50.9. The topological polar surface area (TPSA) is 79.3 Å². The number of amides is 1. The van der Waals surface area contributed by atoms with E-state index in [4.69, 9.17) is 19.5 Å². The summed E-state index contributed by atoms with van der Waals surface area (Å²) in [7, 11) is 0. The number of carboxylic acids is 1. The lowest BCUT2D eigenvalue weighted by Gasteiger charge is -2.27. The molecule has 4 rings (SSSR count). The molecule has 11 heteroatoms. The number of carboxylic acid groups (broad SMARTS) is 1. The molecule has 1 amide bonds. The zero-order valence-electron chi connectivity index (χ0n) is 17.4. The summed E-state index contributed by atoms with van der Waals surface area (Å²) in [6, 6.07) is 6.69. The Bertz CT molecular complexity index is 769. The molecule has 3 aliphatic heterocycles. The lowest BCUT2D eigenvalue weighted by Crippen LogP contribution is -2.37. The fraction of sp³-hybridized carbons (Fsp3) is 0.619. The van der Waals surface area contributed by atoms with Gasteiger partial charge in [-0.3, -0.25) is 14.5 Å². The van der Waals surface area contributed by atoms with Gasteiger partial charge in [0.25, 0.3) is 0 Å². The van der Waals surface area contributed by atoms with Crippen LogP contribution in [0.2, 0.25) is 0 Å². The molecular weight excluding hydrogens is 436 g/mol. The minimum absolute atomic E-state index is 0.0148. The molecule has 7 nitrogen and oxygen atoms in total. The molecule has 3 atom stereocenters. The third-order valence-electron chi connectivity index (χ3n) is 5.63. The summed E-state index contributed by atoms with van der Waals surface area (Å²) in [4.78, 5) is 29.0. The van der Waals surface area contributed by atoms with Crippen LogP contribution in [0.3, 0.4) is 0 Å². The van der Waals surface area contributed by atoms with E-state index in [0.29, 0.717) is 25.5 Å². The van der Waals surface area contributed by atoms with Gasteiger partial charge < -0.3 is 9.84 Å². The van der Waals surface area contributed by atoms with E-state index in [2.05, 4.69) is 4.90 Å². The van der Waals surface area contributed by atoms with Gasteiger partial charge in [0.05, 0.1) is 25.2 Å². The van der Waals surface area contributed by atoms with Gasteiger partial charge in [-0.25, -0.2) is 14.2 Å². The summed E-state index contributed by atoms with van der Waals surface area (Å²) >= 11 is 0. The Kier molecular flexibility index (Phi) is 8.07. The van der Waals surface area contributed by atoms with Crippen molar-refractivity contribution in [1.82, 2.24) is 9.96 Å². The molecule has 0 saturated carbocycles. The number of alkyl halides is 3. The SMILES string of the molecule is O=C(C[C@H]1C[C@H]2CN(Cc3ccc(F)cc3)C[C@H]2O1)N1CCCCO1.O=C(O)C(F)(F)F. The standard InChI is InChI=1S/C19H25FN2O3.C2HF3O2/c20-16-5-3-14(4-6-16)11-21-12-15-9-17(25-18(15)13-21)10-19(23)22-7-1-2-8-24-22;3-2(4,5)1(6)7/h3-6,15,17-18H,1-2,7-13H2;(H,6,7)/t15-,17+,18+;/m0./s1. The van der Waals surface area contributed by atoms with Crippen molar-refractivity contribution in [3.05, 3.63) is 35.6 Å². The van der Waals surface area contributed by atoms with E-state index >= 15 is 0 Å². The molecule has 0 aliphatic carbocycles. The maximum atomic E-state index is 13.0. The van der Waals surface area contributed by atoms with Crippen molar-refractivity contribution < 1.29 is 41.8 Å². The minimum atomic E-state index is -5.08. The van der Waals surface area contributed by atoms with Crippen molar-refractivity contribution in [3.63, 3.8) is 0 Å². The number of ether oxygens (including phenoxy) is 1. The molecule has 0 bridgehead atoms. The van der Waals surface area contributed by atoms with Crippen LogP contribution in [0.1, 0.15) is 31.2 Å². The Hall–Kier alpha value is -2.24. The van der Waals surface area contributed by atoms with Gasteiger partial charge in [0.2, 0.25) is 5.91 Å². The summed E-state index contributed by atoms with van der Waals surface area (Å²) in [5, 5.41) is 8.64. The maximum absolute atomic E-state index is 13.0. The number of halogens is 4. The van der Waals surface area contributed by atoms with Gasteiger partial charge in [-0.15, -0.1) is 0 Å². The number of nitrogens with zero attached hydrogens (tertiary/aromatic N) is 2.